The lowest BCUT2D eigenvalue weighted by Gasteiger charge is -2.37. The average molecular weight is 296 g/mol. The van der Waals surface area contributed by atoms with Gasteiger partial charge in [-0.05, 0) is 32.1 Å². The van der Waals surface area contributed by atoms with Crippen LogP contribution >= 0.6 is 0 Å². The van der Waals surface area contributed by atoms with Crippen LogP contribution in [0.5, 0.6) is 0 Å². The highest BCUT2D eigenvalue weighted by molar-refractivity contribution is 5.87. The van der Waals surface area contributed by atoms with Crippen LogP contribution in [0.1, 0.15) is 32.1 Å². The summed E-state index contributed by atoms with van der Waals surface area (Å²) in [5.41, 5.74) is -0.0646. The van der Waals surface area contributed by atoms with Crippen LogP contribution in [-0.2, 0) is 19.1 Å². The number of hydrogen-bond donors (Lipinski definition) is 0. The summed E-state index contributed by atoms with van der Waals surface area (Å²) in [5, 5.41) is 0. The lowest BCUT2D eigenvalue weighted by atomic mass is 10.2. The summed E-state index contributed by atoms with van der Waals surface area (Å²) < 4.78 is 10.8. The van der Waals surface area contributed by atoms with E-state index in [-0.39, 0.29) is 30.0 Å². The van der Waals surface area contributed by atoms with Crippen LogP contribution in [0.3, 0.4) is 0 Å². The molecule has 0 aromatic carbocycles. The number of carbonyl (C=O) groups is 2. The van der Waals surface area contributed by atoms with E-state index in [9.17, 15) is 9.59 Å². The number of carbonyl (C=O) groups excluding carboxylic acids is 2. The molecule has 2 aliphatic heterocycles. The zero-order chi connectivity index (χ0) is 14.9. The first kappa shape index (κ1) is 14.8. The van der Waals surface area contributed by atoms with Crippen LogP contribution in [0.4, 0.5) is 0 Å². The lowest BCUT2D eigenvalue weighted by Crippen LogP contribution is -2.54. The molecule has 1 unspecified atom stereocenters. The number of rotatable bonds is 3. The quantitative estimate of drug-likeness (QED) is 0.757. The molecule has 118 valence electrons. The van der Waals surface area contributed by atoms with E-state index < -0.39 is 0 Å². The van der Waals surface area contributed by atoms with E-state index in [2.05, 4.69) is 0 Å². The van der Waals surface area contributed by atoms with Gasteiger partial charge in [-0.2, -0.15) is 0 Å². The molecule has 0 bridgehead atoms. The number of ether oxygens (including phenoxy) is 2. The second kappa shape index (κ2) is 5.93. The number of morpholine rings is 1. The van der Waals surface area contributed by atoms with E-state index >= 15 is 0 Å². The molecule has 1 aliphatic carbocycles. The predicted octanol–water partition coefficient (Wildman–Crippen LogP) is 0.405. The Hall–Kier alpha value is -1.14. The van der Waals surface area contributed by atoms with E-state index in [1.54, 1.807) is 12.0 Å². The highest BCUT2D eigenvalue weighted by Crippen LogP contribution is 2.43. The number of amides is 2. The minimum absolute atomic E-state index is 0.0403. The number of methoxy groups -OCH3 is 1. The number of nitrogens with zero attached hydrogens (tertiary/aromatic N) is 2. The van der Waals surface area contributed by atoms with Gasteiger partial charge < -0.3 is 19.3 Å². The van der Waals surface area contributed by atoms with Gasteiger partial charge in [0.1, 0.15) is 6.10 Å². The summed E-state index contributed by atoms with van der Waals surface area (Å²) in [6, 6.07) is 0. The summed E-state index contributed by atoms with van der Waals surface area (Å²) >= 11 is 0. The van der Waals surface area contributed by atoms with Gasteiger partial charge in [-0.1, -0.05) is 0 Å². The van der Waals surface area contributed by atoms with Crippen LogP contribution in [-0.4, -0.2) is 73.2 Å². The number of hydrogen-bond acceptors (Lipinski definition) is 4. The van der Waals surface area contributed by atoms with Crippen molar-refractivity contribution >= 4 is 11.8 Å². The first-order valence-electron chi connectivity index (χ1n) is 7.86. The van der Waals surface area contributed by atoms with Crippen molar-refractivity contribution in [2.45, 2.75) is 43.7 Å². The molecule has 3 rings (SSSR count). The molecule has 3 aliphatic rings. The Morgan fingerprint density at radius 1 is 1.38 bits per heavy atom. The smallest absolute Gasteiger partial charge is 0.252 e. The van der Waals surface area contributed by atoms with Crippen molar-refractivity contribution in [1.82, 2.24) is 9.80 Å². The maximum atomic E-state index is 12.6. The van der Waals surface area contributed by atoms with E-state index in [1.807, 2.05) is 4.90 Å². The predicted molar refractivity (Wildman–Crippen MR) is 75.7 cm³/mol. The van der Waals surface area contributed by atoms with Gasteiger partial charge >= 0.3 is 0 Å². The van der Waals surface area contributed by atoms with E-state index in [0.717, 1.165) is 32.1 Å². The maximum absolute atomic E-state index is 12.6. The Bertz CT molecular complexity index is 422. The topological polar surface area (TPSA) is 59.1 Å². The summed E-state index contributed by atoms with van der Waals surface area (Å²) in [6.45, 7) is 2.73. The minimum Gasteiger partial charge on any atom is -0.377 e. The van der Waals surface area contributed by atoms with E-state index in [4.69, 9.17) is 9.47 Å². The van der Waals surface area contributed by atoms with Gasteiger partial charge in [-0.3, -0.25) is 9.59 Å². The highest BCUT2D eigenvalue weighted by atomic mass is 16.5. The van der Waals surface area contributed by atoms with Gasteiger partial charge in [0.05, 0.1) is 25.3 Å². The average Bonchev–Trinajstić information content (AvgIpc) is 3.27. The number of likely N-dealkylation sites (tertiary alicyclic amines) is 1. The minimum atomic E-state index is -0.389. The van der Waals surface area contributed by atoms with Gasteiger partial charge in [0.2, 0.25) is 5.91 Å². The zero-order valence-corrected chi connectivity index (χ0v) is 12.7. The molecular formula is C15H24N2O4. The van der Waals surface area contributed by atoms with Crippen molar-refractivity contribution in [3.63, 3.8) is 0 Å². The highest BCUT2D eigenvalue weighted by Gasteiger charge is 2.52. The zero-order valence-electron chi connectivity index (χ0n) is 12.7. The van der Waals surface area contributed by atoms with Crippen molar-refractivity contribution in [2.75, 3.05) is 40.0 Å². The summed E-state index contributed by atoms with van der Waals surface area (Å²) in [5.74, 6) is 0.0161. The van der Waals surface area contributed by atoms with Crippen molar-refractivity contribution < 1.29 is 19.1 Å². The third kappa shape index (κ3) is 2.92. The molecule has 0 N–H and O–H groups in total. The summed E-state index contributed by atoms with van der Waals surface area (Å²) in [6.07, 6.45) is 4.31. The van der Waals surface area contributed by atoms with Gasteiger partial charge in [0.25, 0.3) is 5.91 Å². The van der Waals surface area contributed by atoms with E-state index in [0.29, 0.717) is 26.3 Å². The fraction of sp³-hybridized carbons (Fsp3) is 0.867. The van der Waals surface area contributed by atoms with Crippen LogP contribution in [0.15, 0.2) is 0 Å². The second-order valence-electron chi connectivity index (χ2n) is 6.30. The van der Waals surface area contributed by atoms with Gasteiger partial charge in [-0.25, -0.2) is 0 Å². The lowest BCUT2D eigenvalue weighted by molar-refractivity contribution is -0.151. The monoisotopic (exact) mass is 296 g/mol. The summed E-state index contributed by atoms with van der Waals surface area (Å²) in [7, 11) is 1.56. The molecule has 0 radical (unpaired) electrons. The van der Waals surface area contributed by atoms with Crippen LogP contribution in [0.2, 0.25) is 0 Å². The normalized spacial score (nSPS) is 28.6. The molecule has 1 spiro atoms. The first-order valence-corrected chi connectivity index (χ1v) is 7.86. The van der Waals surface area contributed by atoms with E-state index in [1.165, 1.54) is 0 Å². The van der Waals surface area contributed by atoms with Crippen LogP contribution in [0.25, 0.3) is 0 Å². The molecule has 1 saturated carbocycles. The molecule has 2 amide bonds. The molecule has 2 saturated heterocycles. The first-order chi connectivity index (χ1) is 10.2. The Morgan fingerprint density at radius 3 is 2.90 bits per heavy atom. The molecule has 6 heteroatoms. The SMILES string of the molecule is COC1CCCCN(CC(=O)N2CCOCC23CC3)C1=O. The molecule has 2 heterocycles. The molecule has 0 aromatic heterocycles. The second-order valence-corrected chi connectivity index (χ2v) is 6.30. The third-order valence-corrected chi connectivity index (χ3v) is 4.87. The van der Waals surface area contributed by atoms with Crippen molar-refractivity contribution in [2.24, 2.45) is 0 Å². The van der Waals surface area contributed by atoms with Crippen molar-refractivity contribution in [3.05, 3.63) is 0 Å². The Labute approximate surface area is 125 Å². The molecular weight excluding hydrogens is 272 g/mol. The standard InChI is InChI=1S/C15H24N2O4/c1-20-12-4-2-3-7-16(14(12)19)10-13(18)17-8-9-21-11-15(17)5-6-15/h12H,2-11H2,1H3. The van der Waals surface area contributed by atoms with Gasteiger partial charge in [-0.15, -0.1) is 0 Å². The van der Waals surface area contributed by atoms with Crippen molar-refractivity contribution in [1.29, 1.82) is 0 Å². The summed E-state index contributed by atoms with van der Waals surface area (Å²) in [4.78, 5) is 28.6. The Morgan fingerprint density at radius 2 is 2.19 bits per heavy atom. The molecule has 3 fully saturated rings. The molecule has 0 aromatic rings. The van der Waals surface area contributed by atoms with Crippen LogP contribution in [0, 0.1) is 0 Å². The fourth-order valence-corrected chi connectivity index (χ4v) is 3.37. The van der Waals surface area contributed by atoms with Gasteiger partial charge in [0, 0.05) is 20.2 Å². The largest absolute Gasteiger partial charge is 0.377 e. The fourth-order valence-electron chi connectivity index (χ4n) is 3.37. The maximum Gasteiger partial charge on any atom is 0.252 e. The van der Waals surface area contributed by atoms with Crippen LogP contribution < -0.4 is 0 Å². The third-order valence-electron chi connectivity index (χ3n) is 4.87. The molecule has 1 atom stereocenters. The van der Waals surface area contributed by atoms with Crippen molar-refractivity contribution in [3.8, 4) is 0 Å². The Balaban J connectivity index is 1.64. The molecule has 21 heavy (non-hydrogen) atoms. The molecule has 6 nitrogen and oxygen atoms in total. The Kier molecular flexibility index (Phi) is 4.17. The van der Waals surface area contributed by atoms with Gasteiger partial charge in [0.15, 0.2) is 0 Å².